The van der Waals surface area contributed by atoms with Gasteiger partial charge in [0, 0.05) is 19.6 Å². The molecule has 10 nitrogen and oxygen atoms in total. The fraction of sp³-hybridized carbons (Fsp3) is 0.556. The zero-order valence-electron chi connectivity index (χ0n) is 16.9. The van der Waals surface area contributed by atoms with Crippen molar-refractivity contribution in [3.63, 3.8) is 0 Å². The molecule has 1 aromatic carbocycles. The van der Waals surface area contributed by atoms with Crippen LogP contribution in [-0.4, -0.2) is 89.7 Å². The summed E-state index contributed by atoms with van der Waals surface area (Å²) < 4.78 is 37.8. The van der Waals surface area contributed by atoms with E-state index in [0.29, 0.717) is 31.9 Å². The Bertz CT molecular complexity index is 797. The summed E-state index contributed by atoms with van der Waals surface area (Å²) in [5, 5.41) is 4.95. The maximum atomic E-state index is 13.0. The quantitative estimate of drug-likeness (QED) is 0.522. The largest absolute Gasteiger partial charge is 0.497 e. The monoisotopic (exact) mass is 428 g/mol. The summed E-state index contributed by atoms with van der Waals surface area (Å²) in [6.45, 7) is 1.42. The molecule has 0 bridgehead atoms. The zero-order valence-corrected chi connectivity index (χ0v) is 17.7. The van der Waals surface area contributed by atoms with Crippen LogP contribution >= 0.6 is 0 Å². The average Bonchev–Trinajstić information content (AvgIpc) is 2.71. The third-order valence-corrected chi connectivity index (χ3v) is 6.21. The second-order valence-corrected chi connectivity index (χ2v) is 8.63. The van der Waals surface area contributed by atoms with Crippen LogP contribution in [-0.2, 0) is 24.3 Å². The van der Waals surface area contributed by atoms with Crippen molar-refractivity contribution in [3.05, 3.63) is 24.3 Å². The molecule has 0 unspecified atom stereocenters. The number of benzene rings is 1. The molecule has 0 spiro atoms. The molecule has 1 fully saturated rings. The van der Waals surface area contributed by atoms with E-state index in [4.69, 9.17) is 9.47 Å². The van der Waals surface area contributed by atoms with Gasteiger partial charge in [-0.1, -0.05) is 0 Å². The molecule has 29 heavy (non-hydrogen) atoms. The van der Waals surface area contributed by atoms with Crippen LogP contribution in [0.5, 0.6) is 5.75 Å². The molecule has 1 atom stereocenters. The highest BCUT2D eigenvalue weighted by Gasteiger charge is 2.35. The number of amides is 2. The van der Waals surface area contributed by atoms with Gasteiger partial charge in [0.1, 0.15) is 12.0 Å². The standard InChI is InChI=1S/C18H28N4O6S/c1-21(2)11-9-19-17(23)18(24)20-13-16-22(10-4-12-28-16)29(25,26)15-7-5-14(27-3)6-8-15/h5-8,16H,4,9-13H2,1-3H3,(H,19,23)(H,20,24)/t16-/m0/s1. The first kappa shape index (κ1) is 23.1. The first-order valence-electron chi connectivity index (χ1n) is 9.24. The number of ether oxygens (including phenoxy) is 2. The highest BCUT2D eigenvalue weighted by Crippen LogP contribution is 2.23. The topological polar surface area (TPSA) is 117 Å². The number of hydrogen-bond donors (Lipinski definition) is 2. The van der Waals surface area contributed by atoms with Crippen molar-refractivity contribution in [2.45, 2.75) is 17.5 Å². The van der Waals surface area contributed by atoms with Crippen LogP contribution in [0.3, 0.4) is 0 Å². The normalized spacial score (nSPS) is 17.7. The molecule has 1 heterocycles. The smallest absolute Gasteiger partial charge is 0.309 e. The molecular formula is C18H28N4O6S. The van der Waals surface area contributed by atoms with Gasteiger partial charge in [0.15, 0.2) is 0 Å². The van der Waals surface area contributed by atoms with Crippen LogP contribution in [0.15, 0.2) is 29.2 Å². The Labute approximate surface area is 171 Å². The Morgan fingerprint density at radius 3 is 2.48 bits per heavy atom. The van der Waals surface area contributed by atoms with Crippen molar-refractivity contribution in [1.82, 2.24) is 19.8 Å². The minimum atomic E-state index is -3.83. The predicted octanol–water partition coefficient (Wildman–Crippen LogP) is -0.774. The minimum absolute atomic E-state index is 0.0987. The Balaban J connectivity index is 1.99. The molecular weight excluding hydrogens is 400 g/mol. The highest BCUT2D eigenvalue weighted by molar-refractivity contribution is 7.89. The van der Waals surface area contributed by atoms with Crippen LogP contribution < -0.4 is 15.4 Å². The van der Waals surface area contributed by atoms with Gasteiger partial charge in [-0.15, -0.1) is 0 Å². The number of rotatable bonds is 8. The summed E-state index contributed by atoms with van der Waals surface area (Å²) in [4.78, 5) is 25.8. The molecule has 0 saturated carbocycles. The van der Waals surface area contributed by atoms with Gasteiger partial charge in [-0.3, -0.25) is 9.59 Å². The molecule has 2 amide bonds. The van der Waals surface area contributed by atoms with Crippen molar-refractivity contribution < 1.29 is 27.5 Å². The number of carbonyl (C=O) groups excluding carboxylic acids is 2. The van der Waals surface area contributed by atoms with E-state index in [1.54, 1.807) is 12.1 Å². The van der Waals surface area contributed by atoms with Gasteiger partial charge < -0.3 is 25.0 Å². The summed E-state index contributed by atoms with van der Waals surface area (Å²) in [6, 6.07) is 6.03. The van der Waals surface area contributed by atoms with E-state index in [2.05, 4.69) is 10.6 Å². The second kappa shape index (κ2) is 10.5. The Kier molecular flexibility index (Phi) is 8.38. The lowest BCUT2D eigenvalue weighted by atomic mass is 10.3. The van der Waals surface area contributed by atoms with Crippen LogP contribution in [0.4, 0.5) is 0 Å². The number of hydrogen-bond acceptors (Lipinski definition) is 7. The lowest BCUT2D eigenvalue weighted by molar-refractivity contribution is -0.140. The predicted molar refractivity (Wildman–Crippen MR) is 106 cm³/mol. The van der Waals surface area contributed by atoms with Crippen LogP contribution in [0.25, 0.3) is 0 Å². The van der Waals surface area contributed by atoms with Crippen molar-refractivity contribution in [3.8, 4) is 5.75 Å². The van der Waals surface area contributed by atoms with E-state index in [9.17, 15) is 18.0 Å². The highest BCUT2D eigenvalue weighted by atomic mass is 32.2. The fourth-order valence-corrected chi connectivity index (χ4v) is 4.28. The minimum Gasteiger partial charge on any atom is -0.497 e. The first-order valence-corrected chi connectivity index (χ1v) is 10.7. The van der Waals surface area contributed by atoms with Crippen molar-refractivity contribution in [1.29, 1.82) is 0 Å². The van der Waals surface area contributed by atoms with Gasteiger partial charge in [-0.25, -0.2) is 8.42 Å². The number of sulfonamides is 1. The lowest BCUT2D eigenvalue weighted by Gasteiger charge is -2.34. The van der Waals surface area contributed by atoms with Gasteiger partial charge in [-0.2, -0.15) is 4.31 Å². The van der Waals surface area contributed by atoms with Crippen LogP contribution in [0.1, 0.15) is 6.42 Å². The molecule has 2 N–H and O–H groups in total. The van der Waals surface area contributed by atoms with E-state index >= 15 is 0 Å². The maximum Gasteiger partial charge on any atom is 0.309 e. The van der Waals surface area contributed by atoms with E-state index in [1.165, 1.54) is 23.5 Å². The molecule has 11 heteroatoms. The lowest BCUT2D eigenvalue weighted by Crippen LogP contribution is -2.53. The van der Waals surface area contributed by atoms with E-state index in [-0.39, 0.29) is 18.0 Å². The number of likely N-dealkylation sites (N-methyl/N-ethyl adjacent to an activating group) is 1. The van der Waals surface area contributed by atoms with Crippen LogP contribution in [0.2, 0.25) is 0 Å². The second-order valence-electron chi connectivity index (χ2n) is 6.74. The number of nitrogens with zero attached hydrogens (tertiary/aromatic N) is 2. The molecule has 162 valence electrons. The SMILES string of the molecule is COc1ccc(S(=O)(=O)N2CCCO[C@H]2CNC(=O)C(=O)NCCN(C)C)cc1. The molecule has 2 rings (SSSR count). The molecule has 0 radical (unpaired) electrons. The molecule has 0 aromatic heterocycles. The number of nitrogens with one attached hydrogen (secondary N) is 2. The zero-order chi connectivity index (χ0) is 21.4. The third-order valence-electron chi connectivity index (χ3n) is 4.31. The number of carbonyl (C=O) groups is 2. The van der Waals surface area contributed by atoms with E-state index in [0.717, 1.165) is 0 Å². The Morgan fingerprint density at radius 2 is 1.86 bits per heavy atom. The molecule has 1 aromatic rings. The Hall–Kier alpha value is -2.21. The third kappa shape index (κ3) is 6.39. The molecule has 0 aliphatic carbocycles. The average molecular weight is 429 g/mol. The van der Waals surface area contributed by atoms with Crippen molar-refractivity contribution >= 4 is 21.8 Å². The van der Waals surface area contributed by atoms with Crippen molar-refractivity contribution in [2.75, 3.05) is 54.0 Å². The van der Waals surface area contributed by atoms with Crippen molar-refractivity contribution in [2.24, 2.45) is 0 Å². The molecule has 1 aliphatic rings. The summed E-state index contributed by atoms with van der Waals surface area (Å²) in [5.41, 5.74) is 0. The molecule has 1 aliphatic heterocycles. The summed E-state index contributed by atoms with van der Waals surface area (Å²) in [6.07, 6.45) is -0.362. The summed E-state index contributed by atoms with van der Waals surface area (Å²) in [7, 11) is 1.37. The van der Waals surface area contributed by atoms with E-state index < -0.39 is 28.1 Å². The molecule has 1 saturated heterocycles. The first-order chi connectivity index (χ1) is 13.8. The Morgan fingerprint density at radius 1 is 1.21 bits per heavy atom. The van der Waals surface area contributed by atoms with Gasteiger partial charge >= 0.3 is 11.8 Å². The van der Waals surface area contributed by atoms with Gasteiger partial charge in [0.25, 0.3) is 0 Å². The van der Waals surface area contributed by atoms with E-state index in [1.807, 2.05) is 19.0 Å². The summed E-state index contributed by atoms with van der Waals surface area (Å²) >= 11 is 0. The van der Waals surface area contributed by atoms with Gasteiger partial charge in [0.05, 0.1) is 25.2 Å². The van der Waals surface area contributed by atoms with Crippen LogP contribution in [0, 0.1) is 0 Å². The summed E-state index contributed by atoms with van der Waals surface area (Å²) in [5.74, 6) is -1.06. The maximum absolute atomic E-state index is 13.0. The van der Waals surface area contributed by atoms with Gasteiger partial charge in [0.2, 0.25) is 10.0 Å². The number of methoxy groups -OCH3 is 1. The fourth-order valence-electron chi connectivity index (χ4n) is 2.72. The van der Waals surface area contributed by atoms with Gasteiger partial charge in [-0.05, 0) is 44.8 Å².